The lowest BCUT2D eigenvalue weighted by atomic mass is 10.0. The quantitative estimate of drug-likeness (QED) is 0.871. The van der Waals surface area contributed by atoms with Crippen LogP contribution in [0.4, 0.5) is 5.82 Å². The highest BCUT2D eigenvalue weighted by Gasteiger charge is 2.36. The number of fused-ring (bicyclic) bond motifs is 2. The molecule has 3 nitrogen and oxygen atoms in total. The Morgan fingerprint density at radius 3 is 2.81 bits per heavy atom. The van der Waals surface area contributed by atoms with Gasteiger partial charge in [-0.25, -0.2) is 4.98 Å². The van der Waals surface area contributed by atoms with E-state index >= 15 is 0 Å². The first-order valence-electron chi connectivity index (χ1n) is 7.99. The third-order valence-electron chi connectivity index (χ3n) is 5.39. The van der Waals surface area contributed by atoms with Gasteiger partial charge in [-0.3, -0.25) is 0 Å². The maximum atomic E-state index is 5.00. The Kier molecular flexibility index (Phi) is 2.93. The molecule has 1 N–H and O–H groups in total. The summed E-state index contributed by atoms with van der Waals surface area (Å²) in [6.07, 6.45) is 1.31. The summed E-state index contributed by atoms with van der Waals surface area (Å²) in [6.45, 7) is 10.0. The number of rotatable bonds is 1. The van der Waals surface area contributed by atoms with Gasteiger partial charge in [0.25, 0.3) is 0 Å². The molecule has 2 atom stereocenters. The van der Waals surface area contributed by atoms with E-state index in [1.54, 1.807) is 0 Å². The fourth-order valence-electron chi connectivity index (χ4n) is 3.88. The van der Waals surface area contributed by atoms with Crippen molar-refractivity contribution < 1.29 is 0 Å². The minimum atomic E-state index is 0.668. The smallest absolute Gasteiger partial charge is 0.129 e. The normalized spacial score (nSPS) is 24.8. The second-order valence-electron chi connectivity index (χ2n) is 6.72. The van der Waals surface area contributed by atoms with Gasteiger partial charge in [0.1, 0.15) is 5.82 Å². The molecule has 21 heavy (non-hydrogen) atoms. The van der Waals surface area contributed by atoms with E-state index in [1.807, 2.05) is 0 Å². The Labute approximate surface area is 126 Å². The Morgan fingerprint density at radius 2 is 2.00 bits per heavy atom. The summed E-state index contributed by atoms with van der Waals surface area (Å²) >= 11 is 0. The van der Waals surface area contributed by atoms with Crippen molar-refractivity contribution in [3.63, 3.8) is 0 Å². The minimum absolute atomic E-state index is 0.668. The molecule has 2 fully saturated rings. The van der Waals surface area contributed by atoms with Crippen molar-refractivity contribution in [3.05, 3.63) is 34.9 Å². The molecule has 0 spiro atoms. The second kappa shape index (κ2) is 4.70. The van der Waals surface area contributed by atoms with Crippen LogP contribution in [0.15, 0.2) is 18.2 Å². The standard InChI is InChI=1S/C18H23N3/c1-11-4-5-15-12(2)8-17(20-18(15)13(11)3)21-9-14-6-7-19-16(14)10-21/h4-5,8,14,16,19H,6-7,9-10H2,1-3H3/t14-,16+/m0/s1. The Morgan fingerprint density at radius 1 is 1.14 bits per heavy atom. The molecule has 2 aromatic rings. The Bertz CT molecular complexity index is 695. The van der Waals surface area contributed by atoms with Gasteiger partial charge in [0.05, 0.1) is 5.52 Å². The number of hydrogen-bond donors (Lipinski definition) is 1. The van der Waals surface area contributed by atoms with Gasteiger partial charge in [0.15, 0.2) is 0 Å². The van der Waals surface area contributed by atoms with Crippen LogP contribution >= 0.6 is 0 Å². The molecule has 0 bridgehead atoms. The largest absolute Gasteiger partial charge is 0.355 e. The number of nitrogens with one attached hydrogen (secondary N) is 1. The number of anilines is 1. The van der Waals surface area contributed by atoms with E-state index in [0.29, 0.717) is 6.04 Å². The fourth-order valence-corrected chi connectivity index (χ4v) is 3.88. The van der Waals surface area contributed by atoms with Crippen LogP contribution < -0.4 is 10.2 Å². The molecular weight excluding hydrogens is 258 g/mol. The lowest BCUT2D eigenvalue weighted by Crippen LogP contribution is -2.30. The van der Waals surface area contributed by atoms with Crippen molar-refractivity contribution >= 4 is 16.7 Å². The van der Waals surface area contributed by atoms with E-state index in [9.17, 15) is 0 Å². The molecule has 0 aliphatic carbocycles. The molecule has 3 heteroatoms. The second-order valence-corrected chi connectivity index (χ2v) is 6.72. The minimum Gasteiger partial charge on any atom is -0.355 e. The van der Waals surface area contributed by atoms with Crippen molar-refractivity contribution in [1.29, 1.82) is 0 Å². The molecule has 3 heterocycles. The van der Waals surface area contributed by atoms with Crippen LogP contribution in [0.3, 0.4) is 0 Å². The molecular formula is C18H23N3. The predicted molar refractivity (Wildman–Crippen MR) is 88.1 cm³/mol. The summed E-state index contributed by atoms with van der Waals surface area (Å²) < 4.78 is 0. The highest BCUT2D eigenvalue weighted by molar-refractivity contribution is 5.87. The Balaban J connectivity index is 1.78. The van der Waals surface area contributed by atoms with E-state index < -0.39 is 0 Å². The Hall–Kier alpha value is -1.61. The number of nitrogens with zero attached hydrogens (tertiary/aromatic N) is 2. The summed E-state index contributed by atoms with van der Waals surface area (Å²) in [5.41, 5.74) is 5.15. The van der Waals surface area contributed by atoms with Gasteiger partial charge in [0, 0.05) is 24.5 Å². The van der Waals surface area contributed by atoms with Gasteiger partial charge < -0.3 is 10.2 Å². The van der Waals surface area contributed by atoms with E-state index in [0.717, 1.165) is 24.8 Å². The first-order valence-corrected chi connectivity index (χ1v) is 7.99. The predicted octanol–water partition coefficient (Wildman–Crippen LogP) is 2.96. The van der Waals surface area contributed by atoms with Crippen LogP contribution in [0.5, 0.6) is 0 Å². The number of aryl methyl sites for hydroxylation is 3. The first-order chi connectivity index (χ1) is 10.1. The fraction of sp³-hybridized carbons (Fsp3) is 0.500. The molecule has 2 saturated heterocycles. The monoisotopic (exact) mass is 281 g/mol. The van der Waals surface area contributed by atoms with Gasteiger partial charge in [-0.1, -0.05) is 12.1 Å². The number of benzene rings is 1. The van der Waals surface area contributed by atoms with Crippen molar-refractivity contribution in [3.8, 4) is 0 Å². The highest BCUT2D eigenvalue weighted by atomic mass is 15.2. The average molecular weight is 281 g/mol. The summed E-state index contributed by atoms with van der Waals surface area (Å²) in [4.78, 5) is 7.47. The molecule has 4 rings (SSSR count). The van der Waals surface area contributed by atoms with Crippen LogP contribution in [-0.2, 0) is 0 Å². The molecule has 2 aliphatic heterocycles. The maximum Gasteiger partial charge on any atom is 0.129 e. The number of aromatic nitrogens is 1. The summed E-state index contributed by atoms with van der Waals surface area (Å²) in [6, 6.07) is 7.35. The first kappa shape index (κ1) is 13.1. The topological polar surface area (TPSA) is 28.2 Å². The van der Waals surface area contributed by atoms with E-state index in [-0.39, 0.29) is 0 Å². The van der Waals surface area contributed by atoms with E-state index in [4.69, 9.17) is 4.98 Å². The molecule has 0 amide bonds. The molecule has 1 aromatic carbocycles. The highest BCUT2D eigenvalue weighted by Crippen LogP contribution is 2.31. The summed E-state index contributed by atoms with van der Waals surface area (Å²) in [5, 5.41) is 4.91. The van der Waals surface area contributed by atoms with Crippen LogP contribution in [0.25, 0.3) is 10.9 Å². The summed E-state index contributed by atoms with van der Waals surface area (Å²) in [5.74, 6) is 1.96. The van der Waals surface area contributed by atoms with E-state index in [2.05, 4.69) is 49.2 Å². The van der Waals surface area contributed by atoms with Crippen LogP contribution in [0, 0.1) is 26.7 Å². The van der Waals surface area contributed by atoms with Gasteiger partial charge in [-0.05, 0) is 62.4 Å². The molecule has 0 unspecified atom stereocenters. The van der Waals surface area contributed by atoms with Gasteiger partial charge in [0.2, 0.25) is 0 Å². The van der Waals surface area contributed by atoms with Crippen molar-refractivity contribution in [2.24, 2.45) is 5.92 Å². The number of hydrogen-bond acceptors (Lipinski definition) is 3. The molecule has 110 valence electrons. The van der Waals surface area contributed by atoms with Gasteiger partial charge >= 0.3 is 0 Å². The summed E-state index contributed by atoms with van der Waals surface area (Å²) in [7, 11) is 0. The van der Waals surface area contributed by atoms with Crippen LogP contribution in [-0.4, -0.2) is 30.7 Å². The van der Waals surface area contributed by atoms with Gasteiger partial charge in [-0.15, -0.1) is 0 Å². The van der Waals surface area contributed by atoms with Crippen molar-refractivity contribution in [2.45, 2.75) is 33.2 Å². The van der Waals surface area contributed by atoms with Crippen LogP contribution in [0.2, 0.25) is 0 Å². The maximum absolute atomic E-state index is 5.00. The van der Waals surface area contributed by atoms with Crippen LogP contribution in [0.1, 0.15) is 23.1 Å². The number of pyridine rings is 1. The molecule has 1 aromatic heterocycles. The SMILES string of the molecule is Cc1ccc2c(C)cc(N3C[C@@H]4CCN[C@@H]4C3)nc2c1C. The lowest BCUT2D eigenvalue weighted by molar-refractivity contribution is 0.556. The average Bonchev–Trinajstić information content (AvgIpc) is 3.04. The lowest BCUT2D eigenvalue weighted by Gasteiger charge is -2.20. The third kappa shape index (κ3) is 2.03. The zero-order valence-electron chi connectivity index (χ0n) is 13.1. The molecule has 0 radical (unpaired) electrons. The molecule has 0 saturated carbocycles. The molecule has 2 aliphatic rings. The zero-order chi connectivity index (χ0) is 14.6. The van der Waals surface area contributed by atoms with Gasteiger partial charge in [-0.2, -0.15) is 0 Å². The third-order valence-corrected chi connectivity index (χ3v) is 5.39. The van der Waals surface area contributed by atoms with E-state index in [1.165, 1.54) is 40.6 Å². The van der Waals surface area contributed by atoms with Crippen molar-refractivity contribution in [2.75, 3.05) is 24.5 Å². The van der Waals surface area contributed by atoms with Crippen molar-refractivity contribution in [1.82, 2.24) is 10.3 Å². The zero-order valence-corrected chi connectivity index (χ0v) is 13.1.